The Balaban J connectivity index is 2.11. The van der Waals surface area contributed by atoms with Crippen molar-refractivity contribution in [2.24, 2.45) is 5.41 Å². The van der Waals surface area contributed by atoms with Gasteiger partial charge >= 0.3 is 0 Å². The molecule has 1 aromatic rings. The van der Waals surface area contributed by atoms with Crippen molar-refractivity contribution in [1.82, 2.24) is 5.32 Å². The van der Waals surface area contributed by atoms with Crippen LogP contribution in [0.4, 0.5) is 5.69 Å². The molecule has 3 heteroatoms. The molecule has 0 radical (unpaired) electrons. The van der Waals surface area contributed by atoms with E-state index in [0.29, 0.717) is 0 Å². The average Bonchev–Trinajstić information content (AvgIpc) is 3.06. The van der Waals surface area contributed by atoms with Crippen molar-refractivity contribution in [2.75, 3.05) is 18.9 Å². The fourth-order valence-corrected chi connectivity index (χ4v) is 2.11. The summed E-state index contributed by atoms with van der Waals surface area (Å²) in [6, 6.07) is 6.01. The van der Waals surface area contributed by atoms with Crippen molar-refractivity contribution in [3.05, 3.63) is 29.3 Å². The van der Waals surface area contributed by atoms with Gasteiger partial charge in [0.1, 0.15) is 0 Å². The van der Waals surface area contributed by atoms with E-state index in [9.17, 15) is 4.79 Å². The zero-order valence-corrected chi connectivity index (χ0v) is 10.8. The lowest BCUT2D eigenvalue weighted by Crippen LogP contribution is -2.32. The Hall–Kier alpha value is -1.35. The lowest BCUT2D eigenvalue weighted by molar-refractivity contribution is -0.120. The standard InChI is InChI=1S/C14H20N2O/c1-10-5-4-6-12(11(10)2)16-13(17)14(7-8-14)9-15-3/h4-6,15H,7-9H2,1-3H3,(H,16,17). The molecule has 0 aromatic heterocycles. The molecule has 1 saturated carbocycles. The van der Waals surface area contributed by atoms with Gasteiger partial charge in [0.25, 0.3) is 0 Å². The molecular weight excluding hydrogens is 212 g/mol. The normalized spacial score (nSPS) is 16.6. The number of rotatable bonds is 4. The van der Waals surface area contributed by atoms with E-state index >= 15 is 0 Å². The zero-order valence-electron chi connectivity index (χ0n) is 10.8. The van der Waals surface area contributed by atoms with E-state index in [4.69, 9.17) is 0 Å². The van der Waals surface area contributed by atoms with Crippen molar-refractivity contribution in [2.45, 2.75) is 26.7 Å². The summed E-state index contributed by atoms with van der Waals surface area (Å²) in [5.41, 5.74) is 3.14. The molecule has 2 N–H and O–H groups in total. The molecule has 1 fully saturated rings. The molecule has 0 saturated heterocycles. The van der Waals surface area contributed by atoms with Crippen LogP contribution in [0.2, 0.25) is 0 Å². The Kier molecular flexibility index (Phi) is 3.20. The van der Waals surface area contributed by atoms with Gasteiger partial charge in [-0.05, 0) is 50.9 Å². The fourth-order valence-electron chi connectivity index (χ4n) is 2.11. The molecule has 1 aromatic carbocycles. The molecular formula is C14H20N2O. The summed E-state index contributed by atoms with van der Waals surface area (Å²) >= 11 is 0. The summed E-state index contributed by atoms with van der Waals surface area (Å²) in [6.07, 6.45) is 1.98. The van der Waals surface area contributed by atoms with E-state index in [1.807, 2.05) is 26.1 Å². The summed E-state index contributed by atoms with van der Waals surface area (Å²) in [6.45, 7) is 4.87. The number of anilines is 1. The molecule has 1 aliphatic rings. The minimum absolute atomic E-state index is 0.153. The largest absolute Gasteiger partial charge is 0.325 e. The van der Waals surface area contributed by atoms with Gasteiger partial charge in [0.2, 0.25) is 5.91 Å². The highest BCUT2D eigenvalue weighted by Crippen LogP contribution is 2.46. The Morgan fingerprint density at radius 1 is 1.35 bits per heavy atom. The molecule has 3 nitrogen and oxygen atoms in total. The van der Waals surface area contributed by atoms with Crippen LogP contribution in [-0.2, 0) is 4.79 Å². The van der Waals surface area contributed by atoms with E-state index < -0.39 is 0 Å². The van der Waals surface area contributed by atoms with E-state index in [-0.39, 0.29) is 11.3 Å². The molecule has 1 amide bonds. The third-order valence-corrected chi connectivity index (χ3v) is 3.70. The highest BCUT2D eigenvalue weighted by Gasteiger charge is 2.49. The van der Waals surface area contributed by atoms with Crippen LogP contribution in [0.15, 0.2) is 18.2 Å². The molecule has 0 unspecified atom stereocenters. The molecule has 2 rings (SSSR count). The summed E-state index contributed by atoms with van der Waals surface area (Å²) in [4.78, 5) is 12.2. The van der Waals surface area contributed by atoms with Gasteiger partial charge in [-0.25, -0.2) is 0 Å². The highest BCUT2D eigenvalue weighted by atomic mass is 16.2. The number of carbonyl (C=O) groups excluding carboxylic acids is 1. The van der Waals surface area contributed by atoms with Gasteiger partial charge in [0.15, 0.2) is 0 Å². The molecule has 92 valence electrons. The van der Waals surface area contributed by atoms with Crippen LogP contribution >= 0.6 is 0 Å². The zero-order chi connectivity index (χ0) is 12.5. The first kappa shape index (κ1) is 12.1. The molecule has 0 bridgehead atoms. The molecule has 0 aliphatic heterocycles. The topological polar surface area (TPSA) is 41.1 Å². The van der Waals surface area contributed by atoms with Crippen LogP contribution in [0.1, 0.15) is 24.0 Å². The van der Waals surface area contributed by atoms with Gasteiger partial charge in [0, 0.05) is 12.2 Å². The van der Waals surface area contributed by atoms with Crippen molar-refractivity contribution >= 4 is 11.6 Å². The smallest absolute Gasteiger partial charge is 0.231 e. The Bertz CT molecular complexity index is 436. The highest BCUT2D eigenvalue weighted by molar-refractivity contribution is 5.98. The Morgan fingerprint density at radius 3 is 2.65 bits per heavy atom. The minimum atomic E-state index is -0.162. The van der Waals surface area contributed by atoms with Gasteiger partial charge in [-0.2, -0.15) is 0 Å². The number of carbonyl (C=O) groups is 1. The van der Waals surface area contributed by atoms with E-state index in [1.165, 1.54) is 5.56 Å². The predicted molar refractivity (Wildman–Crippen MR) is 70.1 cm³/mol. The molecule has 17 heavy (non-hydrogen) atoms. The maximum Gasteiger partial charge on any atom is 0.231 e. The first-order valence-electron chi connectivity index (χ1n) is 6.11. The van der Waals surface area contributed by atoms with Gasteiger partial charge in [-0.15, -0.1) is 0 Å². The lowest BCUT2D eigenvalue weighted by atomic mass is 10.0. The van der Waals surface area contributed by atoms with Gasteiger partial charge in [-0.3, -0.25) is 4.79 Å². The summed E-state index contributed by atoms with van der Waals surface area (Å²) in [5.74, 6) is 0.153. The molecule has 0 atom stereocenters. The van der Waals surface area contributed by atoms with Crippen LogP contribution in [-0.4, -0.2) is 19.5 Å². The maximum atomic E-state index is 12.2. The van der Waals surface area contributed by atoms with Crippen LogP contribution < -0.4 is 10.6 Å². The summed E-state index contributed by atoms with van der Waals surface area (Å²) in [7, 11) is 1.89. The number of nitrogens with one attached hydrogen (secondary N) is 2. The fraction of sp³-hybridized carbons (Fsp3) is 0.500. The SMILES string of the molecule is CNCC1(C(=O)Nc2cccc(C)c2C)CC1. The van der Waals surface area contributed by atoms with Gasteiger partial charge in [0.05, 0.1) is 5.41 Å². The number of hydrogen-bond acceptors (Lipinski definition) is 2. The van der Waals surface area contributed by atoms with E-state index in [1.54, 1.807) is 0 Å². The van der Waals surface area contributed by atoms with Crippen LogP contribution in [0.5, 0.6) is 0 Å². The van der Waals surface area contributed by atoms with Crippen molar-refractivity contribution in [3.63, 3.8) is 0 Å². The van der Waals surface area contributed by atoms with Crippen molar-refractivity contribution < 1.29 is 4.79 Å². The number of hydrogen-bond donors (Lipinski definition) is 2. The average molecular weight is 232 g/mol. The lowest BCUT2D eigenvalue weighted by Gasteiger charge is -2.16. The number of benzene rings is 1. The predicted octanol–water partition coefficient (Wildman–Crippen LogP) is 2.24. The monoisotopic (exact) mass is 232 g/mol. The van der Waals surface area contributed by atoms with Crippen LogP contribution in [0.25, 0.3) is 0 Å². The Morgan fingerprint density at radius 2 is 2.06 bits per heavy atom. The first-order chi connectivity index (χ1) is 8.09. The first-order valence-corrected chi connectivity index (χ1v) is 6.11. The quantitative estimate of drug-likeness (QED) is 0.836. The molecule has 0 heterocycles. The third-order valence-electron chi connectivity index (χ3n) is 3.70. The van der Waals surface area contributed by atoms with E-state index in [2.05, 4.69) is 23.6 Å². The second kappa shape index (κ2) is 4.49. The van der Waals surface area contributed by atoms with Gasteiger partial charge in [-0.1, -0.05) is 12.1 Å². The number of amides is 1. The van der Waals surface area contributed by atoms with E-state index in [0.717, 1.165) is 30.6 Å². The second-order valence-corrected chi connectivity index (χ2v) is 5.01. The van der Waals surface area contributed by atoms with Crippen LogP contribution in [0, 0.1) is 19.3 Å². The third kappa shape index (κ3) is 2.34. The minimum Gasteiger partial charge on any atom is -0.325 e. The maximum absolute atomic E-state index is 12.2. The van der Waals surface area contributed by atoms with Crippen LogP contribution in [0.3, 0.4) is 0 Å². The second-order valence-electron chi connectivity index (χ2n) is 5.01. The summed E-state index contributed by atoms with van der Waals surface area (Å²) < 4.78 is 0. The Labute approximate surface area is 103 Å². The summed E-state index contributed by atoms with van der Waals surface area (Å²) in [5, 5.41) is 6.16. The van der Waals surface area contributed by atoms with Crippen molar-refractivity contribution in [3.8, 4) is 0 Å². The molecule has 0 spiro atoms. The number of aryl methyl sites for hydroxylation is 1. The van der Waals surface area contributed by atoms with Crippen molar-refractivity contribution in [1.29, 1.82) is 0 Å². The molecule has 1 aliphatic carbocycles. The van der Waals surface area contributed by atoms with Gasteiger partial charge < -0.3 is 10.6 Å².